The normalized spacial score (nSPS) is 14.3. The molecule has 0 aliphatic heterocycles. The van der Waals surface area contributed by atoms with Crippen molar-refractivity contribution >= 4 is 5.82 Å². The number of rotatable bonds is 5. The summed E-state index contributed by atoms with van der Waals surface area (Å²) in [4.78, 5) is 9.41. The van der Waals surface area contributed by atoms with E-state index in [1.54, 1.807) is 0 Å². The van der Waals surface area contributed by atoms with Gasteiger partial charge in [0.1, 0.15) is 11.6 Å². The molecule has 1 aromatic carbocycles. The number of anilines is 1. The average molecular weight is 267 g/mol. The SMILES string of the molecule is CCCNc1cc(-c2ccc(C)cc2)nc(C2CC2)n1. The molecule has 3 nitrogen and oxygen atoms in total. The van der Waals surface area contributed by atoms with Crippen LogP contribution in [0.3, 0.4) is 0 Å². The third-order valence-corrected chi connectivity index (χ3v) is 3.59. The highest BCUT2D eigenvalue weighted by Gasteiger charge is 2.27. The fourth-order valence-electron chi connectivity index (χ4n) is 2.21. The number of benzene rings is 1. The molecule has 1 saturated carbocycles. The van der Waals surface area contributed by atoms with Crippen LogP contribution in [-0.4, -0.2) is 16.5 Å². The van der Waals surface area contributed by atoms with Gasteiger partial charge < -0.3 is 5.32 Å². The minimum Gasteiger partial charge on any atom is -0.370 e. The van der Waals surface area contributed by atoms with Gasteiger partial charge >= 0.3 is 0 Å². The van der Waals surface area contributed by atoms with Crippen LogP contribution in [0.4, 0.5) is 5.82 Å². The predicted octanol–water partition coefficient (Wildman–Crippen LogP) is 4.15. The van der Waals surface area contributed by atoms with Gasteiger partial charge in [0, 0.05) is 24.1 Å². The van der Waals surface area contributed by atoms with Crippen molar-refractivity contribution < 1.29 is 0 Å². The summed E-state index contributed by atoms with van der Waals surface area (Å²) in [5.41, 5.74) is 3.47. The molecule has 20 heavy (non-hydrogen) atoms. The third-order valence-electron chi connectivity index (χ3n) is 3.59. The van der Waals surface area contributed by atoms with E-state index in [9.17, 15) is 0 Å². The Morgan fingerprint density at radius 1 is 1.15 bits per heavy atom. The van der Waals surface area contributed by atoms with Crippen LogP contribution in [0.25, 0.3) is 11.3 Å². The van der Waals surface area contributed by atoms with E-state index >= 15 is 0 Å². The van der Waals surface area contributed by atoms with Crippen molar-refractivity contribution in [3.8, 4) is 11.3 Å². The van der Waals surface area contributed by atoms with E-state index in [4.69, 9.17) is 4.98 Å². The summed E-state index contributed by atoms with van der Waals surface area (Å²) in [5, 5.41) is 3.39. The Morgan fingerprint density at radius 2 is 1.90 bits per heavy atom. The summed E-state index contributed by atoms with van der Waals surface area (Å²) in [5.74, 6) is 2.53. The number of hydrogen-bond donors (Lipinski definition) is 1. The van der Waals surface area contributed by atoms with Gasteiger partial charge in [-0.1, -0.05) is 36.8 Å². The molecule has 0 bridgehead atoms. The number of nitrogens with one attached hydrogen (secondary N) is 1. The van der Waals surface area contributed by atoms with Crippen molar-refractivity contribution in [3.63, 3.8) is 0 Å². The quantitative estimate of drug-likeness (QED) is 0.884. The average Bonchev–Trinajstić information content (AvgIpc) is 3.30. The van der Waals surface area contributed by atoms with Crippen molar-refractivity contribution in [2.45, 2.75) is 39.0 Å². The van der Waals surface area contributed by atoms with Gasteiger partial charge in [0.15, 0.2) is 0 Å². The summed E-state index contributed by atoms with van der Waals surface area (Å²) in [6.07, 6.45) is 3.55. The third kappa shape index (κ3) is 2.98. The van der Waals surface area contributed by atoms with E-state index in [2.05, 4.69) is 54.5 Å². The number of aromatic nitrogens is 2. The van der Waals surface area contributed by atoms with Crippen LogP contribution in [0.1, 0.15) is 43.5 Å². The molecular formula is C17H21N3. The first-order valence-electron chi connectivity index (χ1n) is 7.46. The molecule has 2 aromatic rings. The van der Waals surface area contributed by atoms with Gasteiger partial charge in [-0.25, -0.2) is 9.97 Å². The van der Waals surface area contributed by atoms with Crippen molar-refractivity contribution in [2.75, 3.05) is 11.9 Å². The minimum absolute atomic E-state index is 0.572. The highest BCUT2D eigenvalue weighted by Crippen LogP contribution is 2.39. The van der Waals surface area contributed by atoms with Crippen molar-refractivity contribution in [3.05, 3.63) is 41.7 Å². The topological polar surface area (TPSA) is 37.8 Å². The van der Waals surface area contributed by atoms with E-state index in [0.717, 1.165) is 30.3 Å². The molecule has 104 valence electrons. The molecule has 1 aliphatic carbocycles. The number of aryl methyl sites for hydroxylation is 1. The largest absolute Gasteiger partial charge is 0.370 e. The minimum atomic E-state index is 0.572. The van der Waals surface area contributed by atoms with Crippen molar-refractivity contribution in [1.29, 1.82) is 0 Å². The summed E-state index contributed by atoms with van der Waals surface area (Å²) in [6, 6.07) is 10.6. The first-order valence-corrected chi connectivity index (χ1v) is 7.46. The van der Waals surface area contributed by atoms with Crippen LogP contribution in [0, 0.1) is 6.92 Å². The van der Waals surface area contributed by atoms with Gasteiger partial charge in [-0.05, 0) is 26.2 Å². The maximum absolute atomic E-state index is 4.75. The molecule has 1 aromatic heterocycles. The maximum Gasteiger partial charge on any atom is 0.134 e. The molecule has 3 heteroatoms. The molecule has 1 fully saturated rings. The second kappa shape index (κ2) is 5.61. The van der Waals surface area contributed by atoms with Crippen LogP contribution < -0.4 is 5.32 Å². The zero-order valence-corrected chi connectivity index (χ0v) is 12.2. The molecule has 0 unspecified atom stereocenters. The number of hydrogen-bond acceptors (Lipinski definition) is 3. The van der Waals surface area contributed by atoms with Crippen LogP contribution in [0.5, 0.6) is 0 Å². The van der Waals surface area contributed by atoms with Gasteiger partial charge in [0.25, 0.3) is 0 Å². The monoisotopic (exact) mass is 267 g/mol. The van der Waals surface area contributed by atoms with Gasteiger partial charge in [-0.15, -0.1) is 0 Å². The van der Waals surface area contributed by atoms with Gasteiger partial charge in [0.05, 0.1) is 5.69 Å². The zero-order chi connectivity index (χ0) is 13.9. The highest BCUT2D eigenvalue weighted by molar-refractivity contribution is 5.63. The second-order valence-electron chi connectivity index (χ2n) is 5.56. The number of nitrogens with zero attached hydrogens (tertiary/aromatic N) is 2. The zero-order valence-electron chi connectivity index (χ0n) is 12.2. The molecule has 1 heterocycles. The Morgan fingerprint density at radius 3 is 2.55 bits per heavy atom. The van der Waals surface area contributed by atoms with E-state index in [1.165, 1.54) is 24.0 Å². The molecule has 3 rings (SSSR count). The maximum atomic E-state index is 4.75. The van der Waals surface area contributed by atoms with E-state index in [0.29, 0.717) is 5.92 Å². The lowest BCUT2D eigenvalue weighted by molar-refractivity contribution is 0.911. The smallest absolute Gasteiger partial charge is 0.134 e. The summed E-state index contributed by atoms with van der Waals surface area (Å²) in [6.45, 7) is 5.22. The summed E-state index contributed by atoms with van der Waals surface area (Å²) in [7, 11) is 0. The molecule has 0 spiro atoms. The first-order chi connectivity index (χ1) is 9.76. The molecule has 1 N–H and O–H groups in total. The Labute approximate surface area is 120 Å². The molecular weight excluding hydrogens is 246 g/mol. The fourth-order valence-corrected chi connectivity index (χ4v) is 2.21. The molecule has 0 amide bonds. The summed E-state index contributed by atoms with van der Waals surface area (Å²) >= 11 is 0. The molecule has 0 atom stereocenters. The van der Waals surface area contributed by atoms with Crippen LogP contribution in [0.15, 0.2) is 30.3 Å². The van der Waals surface area contributed by atoms with Crippen LogP contribution in [-0.2, 0) is 0 Å². The Kier molecular flexibility index (Phi) is 3.68. The van der Waals surface area contributed by atoms with Crippen LogP contribution >= 0.6 is 0 Å². The standard InChI is InChI=1S/C17H21N3/c1-3-10-18-16-11-15(13-6-4-12(2)5-7-13)19-17(20-16)14-8-9-14/h4-7,11,14H,3,8-10H2,1-2H3,(H,18,19,20). The first kappa shape index (κ1) is 13.1. The van der Waals surface area contributed by atoms with Crippen molar-refractivity contribution in [1.82, 2.24) is 9.97 Å². The Bertz CT molecular complexity index is 586. The van der Waals surface area contributed by atoms with E-state index in [1.807, 2.05) is 0 Å². The van der Waals surface area contributed by atoms with E-state index < -0.39 is 0 Å². The highest BCUT2D eigenvalue weighted by atomic mass is 15.0. The lowest BCUT2D eigenvalue weighted by Gasteiger charge is -2.09. The Balaban J connectivity index is 1.95. The molecule has 0 radical (unpaired) electrons. The summed E-state index contributed by atoms with van der Waals surface area (Å²) < 4.78 is 0. The second-order valence-corrected chi connectivity index (χ2v) is 5.56. The van der Waals surface area contributed by atoms with Gasteiger partial charge in [0.2, 0.25) is 0 Å². The lowest BCUT2D eigenvalue weighted by Crippen LogP contribution is -2.05. The molecule has 1 aliphatic rings. The van der Waals surface area contributed by atoms with E-state index in [-0.39, 0.29) is 0 Å². The Hall–Kier alpha value is -1.90. The van der Waals surface area contributed by atoms with Gasteiger partial charge in [-0.3, -0.25) is 0 Å². The lowest BCUT2D eigenvalue weighted by atomic mass is 10.1. The predicted molar refractivity (Wildman–Crippen MR) is 83.0 cm³/mol. The van der Waals surface area contributed by atoms with Crippen LogP contribution in [0.2, 0.25) is 0 Å². The molecule has 0 saturated heterocycles. The fraction of sp³-hybridized carbons (Fsp3) is 0.412. The van der Waals surface area contributed by atoms with Gasteiger partial charge in [-0.2, -0.15) is 0 Å². The van der Waals surface area contributed by atoms with Crippen molar-refractivity contribution in [2.24, 2.45) is 0 Å².